The van der Waals surface area contributed by atoms with Crippen molar-refractivity contribution in [3.63, 3.8) is 0 Å². The summed E-state index contributed by atoms with van der Waals surface area (Å²) in [6, 6.07) is 13.8. The molecule has 3 N–H and O–H groups in total. The molecule has 6 nitrogen and oxygen atoms in total. The van der Waals surface area contributed by atoms with Gasteiger partial charge in [-0.15, -0.1) is 0 Å². The molecule has 2 aromatic rings. The monoisotopic (exact) mass is 345 g/mol. The Hall–Kier alpha value is -2.57. The van der Waals surface area contributed by atoms with Gasteiger partial charge in [0.25, 0.3) is 5.91 Å². The first-order valence-electron chi connectivity index (χ1n) is 7.44. The number of nitrogens with zero attached hydrogens (tertiary/aromatic N) is 1. The molecule has 3 rings (SSSR count). The predicted molar refractivity (Wildman–Crippen MR) is 91.5 cm³/mol. The van der Waals surface area contributed by atoms with Crippen LogP contribution < -0.4 is 15.7 Å². The van der Waals surface area contributed by atoms with Crippen LogP contribution in [0, 0.1) is 0 Å². The van der Waals surface area contributed by atoms with E-state index >= 15 is 0 Å². The fourth-order valence-corrected chi connectivity index (χ4v) is 2.82. The van der Waals surface area contributed by atoms with Crippen molar-refractivity contribution < 1.29 is 14.8 Å². The lowest BCUT2D eigenvalue weighted by molar-refractivity contribution is -0.117. The molecule has 24 heavy (non-hydrogen) atoms. The lowest BCUT2D eigenvalue weighted by Gasteiger charge is -2.18. The molecule has 0 saturated carbocycles. The molecule has 0 aromatic heterocycles. The zero-order valence-electron chi connectivity index (χ0n) is 12.7. The molecule has 2 aromatic carbocycles. The van der Waals surface area contributed by atoms with Gasteiger partial charge < -0.3 is 10.2 Å². The highest BCUT2D eigenvalue weighted by Gasteiger charge is 2.30. The summed E-state index contributed by atoms with van der Waals surface area (Å²) in [6.45, 7) is 0.555. The van der Waals surface area contributed by atoms with Gasteiger partial charge in [0.15, 0.2) is 0 Å². The van der Waals surface area contributed by atoms with E-state index in [1.807, 2.05) is 12.1 Å². The Morgan fingerprint density at radius 3 is 2.42 bits per heavy atom. The van der Waals surface area contributed by atoms with Crippen molar-refractivity contribution in [3.05, 3.63) is 59.1 Å². The SMILES string of the molecule is O=C(NO)c1ccc(NC2CC(=O)N(c3ccc(Cl)cc3)C2)cc1. The number of rotatable bonds is 4. The lowest BCUT2D eigenvalue weighted by Crippen LogP contribution is -2.27. The van der Waals surface area contributed by atoms with Crippen LogP contribution in [-0.2, 0) is 4.79 Å². The normalized spacial score (nSPS) is 17.0. The highest BCUT2D eigenvalue weighted by atomic mass is 35.5. The lowest BCUT2D eigenvalue weighted by atomic mass is 10.1. The van der Waals surface area contributed by atoms with E-state index in [0.29, 0.717) is 23.6 Å². The Morgan fingerprint density at radius 1 is 1.12 bits per heavy atom. The number of hydroxylamine groups is 1. The van der Waals surface area contributed by atoms with Gasteiger partial charge in [-0.3, -0.25) is 14.8 Å². The summed E-state index contributed by atoms with van der Waals surface area (Å²) in [7, 11) is 0. The van der Waals surface area contributed by atoms with Crippen LogP contribution in [0.1, 0.15) is 16.8 Å². The van der Waals surface area contributed by atoms with Crippen molar-refractivity contribution in [2.75, 3.05) is 16.8 Å². The summed E-state index contributed by atoms with van der Waals surface area (Å²) in [5.41, 5.74) is 3.57. The van der Waals surface area contributed by atoms with Crippen LogP contribution in [-0.4, -0.2) is 29.6 Å². The van der Waals surface area contributed by atoms with Crippen molar-refractivity contribution in [2.45, 2.75) is 12.5 Å². The van der Waals surface area contributed by atoms with E-state index in [4.69, 9.17) is 16.8 Å². The second-order valence-corrected chi connectivity index (χ2v) is 5.98. The van der Waals surface area contributed by atoms with Gasteiger partial charge in [-0.25, -0.2) is 5.48 Å². The quantitative estimate of drug-likeness (QED) is 0.588. The average molecular weight is 346 g/mol. The molecule has 1 unspecified atom stereocenters. The molecule has 1 saturated heterocycles. The standard InChI is InChI=1S/C17H16ClN3O3/c18-12-3-7-15(8-4-12)21-10-14(9-16(21)22)19-13-5-1-11(2-6-13)17(23)20-24/h1-8,14,19,24H,9-10H2,(H,20,23). The zero-order valence-corrected chi connectivity index (χ0v) is 13.5. The molecule has 1 aliphatic heterocycles. The van der Waals surface area contributed by atoms with Crippen LogP contribution >= 0.6 is 11.6 Å². The molecule has 0 spiro atoms. The first-order chi connectivity index (χ1) is 11.6. The van der Waals surface area contributed by atoms with E-state index < -0.39 is 5.91 Å². The number of carbonyl (C=O) groups excluding carboxylic acids is 2. The second kappa shape index (κ2) is 6.90. The van der Waals surface area contributed by atoms with Crippen molar-refractivity contribution in [1.82, 2.24) is 5.48 Å². The summed E-state index contributed by atoms with van der Waals surface area (Å²) >= 11 is 5.88. The van der Waals surface area contributed by atoms with Gasteiger partial charge in [0.1, 0.15) is 0 Å². The Kier molecular flexibility index (Phi) is 4.69. The molecule has 1 heterocycles. The van der Waals surface area contributed by atoms with Crippen LogP contribution in [0.5, 0.6) is 0 Å². The molecule has 0 radical (unpaired) electrons. The van der Waals surface area contributed by atoms with Gasteiger partial charge >= 0.3 is 0 Å². The van der Waals surface area contributed by atoms with E-state index in [2.05, 4.69) is 5.32 Å². The summed E-state index contributed by atoms with van der Waals surface area (Å²) in [5.74, 6) is -0.516. The third kappa shape index (κ3) is 3.50. The average Bonchev–Trinajstić information content (AvgIpc) is 2.96. The van der Waals surface area contributed by atoms with Gasteiger partial charge in [-0.05, 0) is 48.5 Å². The minimum Gasteiger partial charge on any atom is -0.380 e. The molecular formula is C17H16ClN3O3. The smallest absolute Gasteiger partial charge is 0.274 e. The van der Waals surface area contributed by atoms with E-state index in [1.165, 1.54) is 0 Å². The van der Waals surface area contributed by atoms with Crippen LogP contribution in [0.4, 0.5) is 11.4 Å². The van der Waals surface area contributed by atoms with Gasteiger partial charge in [0.05, 0.1) is 6.04 Å². The summed E-state index contributed by atoms with van der Waals surface area (Å²) in [4.78, 5) is 25.2. The fraction of sp³-hybridized carbons (Fsp3) is 0.176. The number of nitrogens with one attached hydrogen (secondary N) is 2. The van der Waals surface area contributed by atoms with Gasteiger partial charge in [-0.1, -0.05) is 11.6 Å². The van der Waals surface area contributed by atoms with Crippen LogP contribution in [0.25, 0.3) is 0 Å². The van der Waals surface area contributed by atoms with Crippen molar-refractivity contribution in [1.29, 1.82) is 0 Å². The van der Waals surface area contributed by atoms with Crippen LogP contribution in [0.3, 0.4) is 0 Å². The second-order valence-electron chi connectivity index (χ2n) is 5.54. The maximum absolute atomic E-state index is 12.2. The first-order valence-corrected chi connectivity index (χ1v) is 7.81. The molecule has 1 aliphatic rings. The van der Waals surface area contributed by atoms with Gasteiger partial charge in [0, 0.05) is 34.9 Å². The topological polar surface area (TPSA) is 81.7 Å². The van der Waals surface area contributed by atoms with Gasteiger partial charge in [0.2, 0.25) is 5.91 Å². The third-order valence-corrected chi connectivity index (χ3v) is 4.13. The molecule has 7 heteroatoms. The maximum atomic E-state index is 12.2. The Morgan fingerprint density at radius 2 is 1.79 bits per heavy atom. The highest BCUT2D eigenvalue weighted by molar-refractivity contribution is 6.30. The zero-order chi connectivity index (χ0) is 17.1. The number of carbonyl (C=O) groups is 2. The van der Waals surface area contributed by atoms with Crippen molar-refractivity contribution in [3.8, 4) is 0 Å². The van der Waals surface area contributed by atoms with Crippen LogP contribution in [0.2, 0.25) is 5.02 Å². The molecule has 124 valence electrons. The van der Waals surface area contributed by atoms with E-state index in [1.54, 1.807) is 46.8 Å². The maximum Gasteiger partial charge on any atom is 0.274 e. The number of benzene rings is 2. The summed E-state index contributed by atoms with van der Waals surface area (Å²) in [5, 5.41) is 12.5. The van der Waals surface area contributed by atoms with E-state index in [-0.39, 0.29) is 11.9 Å². The number of hydrogen-bond acceptors (Lipinski definition) is 4. The summed E-state index contributed by atoms with van der Waals surface area (Å²) in [6.07, 6.45) is 0.390. The predicted octanol–water partition coefficient (Wildman–Crippen LogP) is 2.68. The largest absolute Gasteiger partial charge is 0.380 e. The molecule has 1 fully saturated rings. The molecule has 0 bridgehead atoms. The number of amides is 2. The Labute approximate surface area is 144 Å². The van der Waals surface area contributed by atoms with Crippen LogP contribution in [0.15, 0.2) is 48.5 Å². The number of halogens is 1. The Balaban J connectivity index is 1.66. The molecule has 1 atom stereocenters. The van der Waals surface area contributed by atoms with Gasteiger partial charge in [-0.2, -0.15) is 0 Å². The number of hydrogen-bond donors (Lipinski definition) is 3. The Bertz CT molecular complexity index is 747. The first kappa shape index (κ1) is 16.3. The van der Waals surface area contributed by atoms with Crippen molar-refractivity contribution in [2.24, 2.45) is 0 Å². The molecular weight excluding hydrogens is 330 g/mol. The molecule has 0 aliphatic carbocycles. The van der Waals surface area contributed by atoms with Crippen molar-refractivity contribution >= 4 is 34.8 Å². The minimum absolute atomic E-state index is 0.0225. The highest BCUT2D eigenvalue weighted by Crippen LogP contribution is 2.25. The fourth-order valence-electron chi connectivity index (χ4n) is 2.69. The molecule has 2 amide bonds. The minimum atomic E-state index is -0.563. The van der Waals surface area contributed by atoms with E-state index in [0.717, 1.165) is 11.4 Å². The third-order valence-electron chi connectivity index (χ3n) is 3.88. The summed E-state index contributed by atoms with van der Waals surface area (Å²) < 4.78 is 0. The van der Waals surface area contributed by atoms with E-state index in [9.17, 15) is 9.59 Å². The number of anilines is 2.